The van der Waals surface area contributed by atoms with E-state index in [0.717, 1.165) is 25.3 Å². The highest BCUT2D eigenvalue weighted by Gasteiger charge is 2.53. The molecule has 2 aromatic rings. The smallest absolute Gasteiger partial charge is 0.326 e. The van der Waals surface area contributed by atoms with Crippen LogP contribution in [0.25, 0.3) is 11.1 Å². The molecule has 2 atom stereocenters. The zero-order valence-corrected chi connectivity index (χ0v) is 16.7. The molecule has 4 rings (SSSR count). The Morgan fingerprint density at radius 1 is 1.17 bits per heavy atom. The Balaban J connectivity index is 1.55. The predicted octanol–water partition coefficient (Wildman–Crippen LogP) is 5.55. The first kappa shape index (κ1) is 20.7. The largest absolute Gasteiger partial charge is 0.408 e. The quantitative estimate of drug-likeness (QED) is 0.647. The Morgan fingerprint density at radius 3 is 2.50 bits per heavy atom. The number of alkyl halides is 3. The third-order valence-electron chi connectivity index (χ3n) is 6.28. The van der Waals surface area contributed by atoms with Crippen molar-refractivity contribution in [2.45, 2.75) is 50.9 Å². The van der Waals surface area contributed by atoms with Crippen LogP contribution >= 0.6 is 0 Å². The van der Waals surface area contributed by atoms with Gasteiger partial charge in [-0.3, -0.25) is 0 Å². The highest BCUT2D eigenvalue weighted by molar-refractivity contribution is 5.75. The standard InChI is InChI=1S/C23H24F4N2O/c1-15(23(25,26)27)28-21(30)29-14-22(10-11-22)13-18(29)12-17-8-5-9-19(20(17)24)16-6-3-2-4-7-16/h2-9,15,18H,10-14H2,1H3,(H,28,30)/t15-,18+/m1/s1. The van der Waals surface area contributed by atoms with Crippen molar-refractivity contribution < 1.29 is 22.4 Å². The second-order valence-electron chi connectivity index (χ2n) is 8.55. The summed E-state index contributed by atoms with van der Waals surface area (Å²) in [6, 6.07) is 11.4. The lowest BCUT2D eigenvalue weighted by Gasteiger charge is -2.28. The average molecular weight is 420 g/mol. The molecule has 0 radical (unpaired) electrons. The zero-order chi connectivity index (χ0) is 21.5. The summed E-state index contributed by atoms with van der Waals surface area (Å²) in [5.41, 5.74) is 1.70. The first-order valence-corrected chi connectivity index (χ1v) is 10.2. The van der Waals surface area contributed by atoms with Crippen molar-refractivity contribution in [2.75, 3.05) is 6.54 Å². The average Bonchev–Trinajstić information content (AvgIpc) is 3.35. The number of amides is 2. The van der Waals surface area contributed by atoms with E-state index in [2.05, 4.69) is 5.32 Å². The van der Waals surface area contributed by atoms with Crippen LogP contribution in [0.3, 0.4) is 0 Å². The van der Waals surface area contributed by atoms with Crippen LogP contribution in [0.1, 0.15) is 31.7 Å². The highest BCUT2D eigenvalue weighted by Crippen LogP contribution is 2.55. The van der Waals surface area contributed by atoms with Crippen molar-refractivity contribution >= 4 is 6.03 Å². The number of carbonyl (C=O) groups is 1. The van der Waals surface area contributed by atoms with Crippen molar-refractivity contribution in [3.8, 4) is 11.1 Å². The van der Waals surface area contributed by atoms with E-state index in [9.17, 15) is 18.0 Å². The number of nitrogens with zero attached hydrogens (tertiary/aromatic N) is 1. The number of rotatable bonds is 4. The Morgan fingerprint density at radius 2 is 1.87 bits per heavy atom. The van der Waals surface area contributed by atoms with E-state index < -0.39 is 18.2 Å². The molecule has 3 nitrogen and oxygen atoms in total. The Hall–Kier alpha value is -2.57. The van der Waals surface area contributed by atoms with Gasteiger partial charge < -0.3 is 10.2 Å². The summed E-state index contributed by atoms with van der Waals surface area (Å²) in [4.78, 5) is 14.1. The molecule has 2 amide bonds. The molecular formula is C23H24F4N2O. The van der Waals surface area contributed by atoms with Crippen molar-refractivity contribution in [3.63, 3.8) is 0 Å². The molecule has 0 unspecified atom stereocenters. The maximum Gasteiger partial charge on any atom is 0.408 e. The lowest BCUT2D eigenvalue weighted by Crippen LogP contribution is -2.51. The molecule has 1 spiro atoms. The third kappa shape index (κ3) is 4.16. The monoisotopic (exact) mass is 420 g/mol. The molecule has 0 aromatic heterocycles. The topological polar surface area (TPSA) is 32.3 Å². The van der Waals surface area contributed by atoms with Crippen LogP contribution in [0.5, 0.6) is 0 Å². The lowest BCUT2D eigenvalue weighted by molar-refractivity contribution is -0.149. The van der Waals surface area contributed by atoms with Crippen LogP contribution in [-0.4, -0.2) is 35.7 Å². The highest BCUT2D eigenvalue weighted by atomic mass is 19.4. The molecule has 1 N–H and O–H groups in total. The number of hydrogen-bond donors (Lipinski definition) is 1. The van der Waals surface area contributed by atoms with Crippen molar-refractivity contribution in [3.05, 3.63) is 59.9 Å². The lowest BCUT2D eigenvalue weighted by atomic mass is 9.95. The molecule has 1 heterocycles. The van der Waals surface area contributed by atoms with E-state index in [4.69, 9.17) is 0 Å². The van der Waals surface area contributed by atoms with Crippen molar-refractivity contribution in [1.82, 2.24) is 10.2 Å². The third-order valence-corrected chi connectivity index (χ3v) is 6.28. The minimum Gasteiger partial charge on any atom is -0.326 e. The van der Waals surface area contributed by atoms with Crippen LogP contribution in [0.15, 0.2) is 48.5 Å². The van der Waals surface area contributed by atoms with E-state index in [-0.39, 0.29) is 23.7 Å². The van der Waals surface area contributed by atoms with E-state index >= 15 is 4.39 Å². The molecule has 2 fully saturated rings. The molecule has 2 aromatic carbocycles. The Kier molecular flexibility index (Phi) is 5.24. The van der Waals surface area contributed by atoms with Gasteiger partial charge in [0.15, 0.2) is 0 Å². The molecule has 30 heavy (non-hydrogen) atoms. The van der Waals surface area contributed by atoms with E-state index in [0.29, 0.717) is 24.1 Å². The number of likely N-dealkylation sites (tertiary alicyclic amines) is 1. The van der Waals surface area contributed by atoms with Crippen molar-refractivity contribution in [2.24, 2.45) is 5.41 Å². The molecule has 7 heteroatoms. The minimum atomic E-state index is -4.50. The molecule has 1 aliphatic carbocycles. The predicted molar refractivity (Wildman–Crippen MR) is 106 cm³/mol. The number of hydrogen-bond acceptors (Lipinski definition) is 1. The summed E-state index contributed by atoms with van der Waals surface area (Å²) in [6.07, 6.45) is -1.63. The van der Waals surface area contributed by atoms with E-state index in [1.807, 2.05) is 30.3 Å². The summed E-state index contributed by atoms with van der Waals surface area (Å²) in [6.45, 7) is 1.35. The number of nitrogens with one attached hydrogen (secondary N) is 1. The molecule has 2 aliphatic rings. The number of carbonyl (C=O) groups excluding carboxylic acids is 1. The maximum atomic E-state index is 15.2. The zero-order valence-electron chi connectivity index (χ0n) is 16.7. The number of benzene rings is 2. The summed E-state index contributed by atoms with van der Waals surface area (Å²) in [5.74, 6) is -0.343. The number of halogens is 4. The van der Waals surface area contributed by atoms with E-state index in [1.54, 1.807) is 18.2 Å². The summed E-state index contributed by atoms with van der Waals surface area (Å²) >= 11 is 0. The van der Waals surface area contributed by atoms with Gasteiger partial charge in [0.1, 0.15) is 11.9 Å². The fourth-order valence-electron chi connectivity index (χ4n) is 4.31. The van der Waals surface area contributed by atoms with Gasteiger partial charge >= 0.3 is 12.2 Å². The van der Waals surface area contributed by atoms with Gasteiger partial charge in [-0.05, 0) is 49.1 Å². The first-order valence-electron chi connectivity index (χ1n) is 10.2. The van der Waals surface area contributed by atoms with Gasteiger partial charge in [-0.25, -0.2) is 9.18 Å². The molecule has 160 valence electrons. The van der Waals surface area contributed by atoms with Gasteiger partial charge in [-0.2, -0.15) is 13.2 Å². The number of urea groups is 1. The van der Waals surface area contributed by atoms with Gasteiger partial charge in [-0.15, -0.1) is 0 Å². The van der Waals surface area contributed by atoms with Crippen LogP contribution < -0.4 is 5.32 Å². The fraction of sp³-hybridized carbons (Fsp3) is 0.435. The molecular weight excluding hydrogens is 396 g/mol. The summed E-state index contributed by atoms with van der Waals surface area (Å²) < 4.78 is 53.9. The fourth-order valence-corrected chi connectivity index (χ4v) is 4.31. The van der Waals surface area contributed by atoms with Gasteiger partial charge in [0.05, 0.1) is 0 Å². The molecule has 1 aliphatic heterocycles. The van der Waals surface area contributed by atoms with E-state index in [1.165, 1.54) is 4.90 Å². The van der Waals surface area contributed by atoms with Gasteiger partial charge in [0.25, 0.3) is 0 Å². The summed E-state index contributed by atoms with van der Waals surface area (Å²) in [7, 11) is 0. The first-order chi connectivity index (χ1) is 14.2. The normalized spacial score (nSPS) is 21.0. The molecule has 1 saturated heterocycles. The minimum absolute atomic E-state index is 0.0169. The van der Waals surface area contributed by atoms with Gasteiger partial charge in [0, 0.05) is 18.2 Å². The van der Waals surface area contributed by atoms with Crippen LogP contribution in [0.2, 0.25) is 0 Å². The Bertz CT molecular complexity index is 925. The van der Waals surface area contributed by atoms with Crippen LogP contribution in [-0.2, 0) is 6.42 Å². The maximum absolute atomic E-state index is 15.2. The van der Waals surface area contributed by atoms with Crippen molar-refractivity contribution in [1.29, 1.82) is 0 Å². The Labute approximate surface area is 173 Å². The van der Waals surface area contributed by atoms with Gasteiger partial charge in [-0.1, -0.05) is 48.5 Å². The van der Waals surface area contributed by atoms with Gasteiger partial charge in [0.2, 0.25) is 0 Å². The van der Waals surface area contributed by atoms with Crippen LogP contribution in [0.4, 0.5) is 22.4 Å². The summed E-state index contributed by atoms with van der Waals surface area (Å²) in [5, 5.41) is 2.06. The SMILES string of the molecule is C[C@@H](NC(=O)N1CC2(CC2)C[C@@H]1Cc1cccc(-c2ccccc2)c1F)C(F)(F)F. The van der Waals surface area contributed by atoms with Crippen LogP contribution in [0, 0.1) is 11.2 Å². The second kappa shape index (κ2) is 7.60. The second-order valence-corrected chi connectivity index (χ2v) is 8.55. The molecule has 0 bridgehead atoms. The molecule has 1 saturated carbocycles.